The van der Waals surface area contributed by atoms with Crippen molar-refractivity contribution in [2.24, 2.45) is 0 Å². The fraction of sp³-hybridized carbons (Fsp3) is 0.692. The van der Waals surface area contributed by atoms with E-state index in [0.717, 1.165) is 31.5 Å². The van der Waals surface area contributed by atoms with Crippen LogP contribution in [0.1, 0.15) is 44.7 Å². The van der Waals surface area contributed by atoms with E-state index in [0.29, 0.717) is 25.2 Å². The van der Waals surface area contributed by atoms with Crippen molar-refractivity contribution in [1.29, 1.82) is 0 Å². The lowest BCUT2D eigenvalue weighted by molar-refractivity contribution is -0.123. The first-order chi connectivity index (χ1) is 8.29. The summed E-state index contributed by atoms with van der Waals surface area (Å²) in [5.74, 6) is 0.376. The Balaban J connectivity index is 1.81. The van der Waals surface area contributed by atoms with Crippen LogP contribution in [0.3, 0.4) is 0 Å². The lowest BCUT2D eigenvalue weighted by Gasteiger charge is -2.21. The number of carbonyl (C=O) groups is 1. The first-order valence-electron chi connectivity index (χ1n) is 6.42. The van der Waals surface area contributed by atoms with Crippen molar-refractivity contribution in [2.75, 3.05) is 0 Å². The van der Waals surface area contributed by atoms with E-state index >= 15 is 0 Å². The van der Waals surface area contributed by atoms with Crippen LogP contribution in [0.4, 0.5) is 0 Å². The summed E-state index contributed by atoms with van der Waals surface area (Å²) in [5, 5.41) is 0. The summed E-state index contributed by atoms with van der Waals surface area (Å²) in [7, 11) is 0. The van der Waals surface area contributed by atoms with Crippen molar-refractivity contribution >= 4 is 5.78 Å². The molecule has 1 heterocycles. The Morgan fingerprint density at radius 1 is 1.47 bits per heavy atom. The lowest BCUT2D eigenvalue weighted by atomic mass is 9.96. The van der Waals surface area contributed by atoms with E-state index in [1.165, 1.54) is 0 Å². The molecule has 1 aliphatic carbocycles. The second kappa shape index (κ2) is 5.96. The molecule has 1 saturated carbocycles. The predicted octanol–water partition coefficient (Wildman–Crippen LogP) is 2.32. The van der Waals surface area contributed by atoms with Crippen LogP contribution >= 0.6 is 0 Å². The molecule has 1 aromatic heterocycles. The molecule has 1 aliphatic rings. The molecule has 17 heavy (non-hydrogen) atoms. The maximum Gasteiger partial charge on any atom is 0.133 e. The molecule has 4 nitrogen and oxygen atoms in total. The molecule has 0 radical (unpaired) electrons. The maximum absolute atomic E-state index is 11.1. The van der Waals surface area contributed by atoms with Crippen molar-refractivity contribution < 1.29 is 9.53 Å². The number of Topliss-reactive ketones (excluding diaryl/α,β-unsaturated/α-hetero) is 1. The number of imidazole rings is 1. The molecule has 0 unspecified atom stereocenters. The summed E-state index contributed by atoms with van der Waals surface area (Å²) in [6, 6.07) is 0. The standard InChI is InChI=1S/C13H20N2O2/c1-2-7-15-10-14-8-11(15)9-17-13-5-3-12(16)4-6-13/h8,10,13H,2-7,9H2,1H3. The number of ketones is 1. The topological polar surface area (TPSA) is 44.1 Å². The van der Waals surface area contributed by atoms with Gasteiger partial charge in [0, 0.05) is 19.4 Å². The van der Waals surface area contributed by atoms with Gasteiger partial charge in [-0.1, -0.05) is 6.92 Å². The summed E-state index contributed by atoms with van der Waals surface area (Å²) in [6.45, 7) is 3.75. The van der Waals surface area contributed by atoms with Crippen LogP contribution in [0.5, 0.6) is 0 Å². The van der Waals surface area contributed by atoms with Gasteiger partial charge in [0.15, 0.2) is 0 Å². The predicted molar refractivity (Wildman–Crippen MR) is 64.6 cm³/mol. The van der Waals surface area contributed by atoms with E-state index in [4.69, 9.17) is 4.74 Å². The summed E-state index contributed by atoms with van der Waals surface area (Å²) in [4.78, 5) is 15.3. The Hall–Kier alpha value is -1.16. The van der Waals surface area contributed by atoms with Gasteiger partial charge in [-0.05, 0) is 19.3 Å². The fourth-order valence-corrected chi connectivity index (χ4v) is 2.19. The smallest absolute Gasteiger partial charge is 0.133 e. The number of aryl methyl sites for hydroxylation is 1. The average Bonchev–Trinajstić information content (AvgIpc) is 2.77. The van der Waals surface area contributed by atoms with Crippen LogP contribution in [0.2, 0.25) is 0 Å². The van der Waals surface area contributed by atoms with Crippen molar-refractivity contribution in [3.05, 3.63) is 18.2 Å². The van der Waals surface area contributed by atoms with Crippen molar-refractivity contribution in [3.8, 4) is 0 Å². The molecule has 0 saturated heterocycles. The molecule has 0 amide bonds. The molecule has 0 atom stereocenters. The van der Waals surface area contributed by atoms with Crippen LogP contribution < -0.4 is 0 Å². The molecule has 2 rings (SSSR count). The quantitative estimate of drug-likeness (QED) is 0.788. The summed E-state index contributed by atoms with van der Waals surface area (Å²) >= 11 is 0. The SMILES string of the molecule is CCCn1cncc1COC1CCC(=O)CC1. The van der Waals surface area contributed by atoms with Crippen LogP contribution in [-0.2, 0) is 22.7 Å². The molecule has 0 aromatic carbocycles. The van der Waals surface area contributed by atoms with Crippen molar-refractivity contribution in [2.45, 2.75) is 58.3 Å². The van der Waals surface area contributed by atoms with Crippen LogP contribution in [-0.4, -0.2) is 21.4 Å². The van der Waals surface area contributed by atoms with Gasteiger partial charge in [-0.2, -0.15) is 0 Å². The van der Waals surface area contributed by atoms with Gasteiger partial charge in [0.05, 0.1) is 30.9 Å². The van der Waals surface area contributed by atoms with Gasteiger partial charge in [-0.3, -0.25) is 4.79 Å². The van der Waals surface area contributed by atoms with Crippen molar-refractivity contribution in [3.63, 3.8) is 0 Å². The number of rotatable bonds is 5. The first-order valence-corrected chi connectivity index (χ1v) is 6.42. The number of ether oxygens (including phenoxy) is 1. The number of carbonyl (C=O) groups excluding carboxylic acids is 1. The van der Waals surface area contributed by atoms with E-state index < -0.39 is 0 Å². The minimum absolute atomic E-state index is 0.248. The van der Waals surface area contributed by atoms with Crippen LogP contribution in [0.25, 0.3) is 0 Å². The van der Waals surface area contributed by atoms with E-state index in [-0.39, 0.29) is 6.10 Å². The fourth-order valence-electron chi connectivity index (χ4n) is 2.19. The third kappa shape index (κ3) is 3.40. The van der Waals surface area contributed by atoms with Gasteiger partial charge in [0.25, 0.3) is 0 Å². The van der Waals surface area contributed by atoms with Crippen molar-refractivity contribution in [1.82, 2.24) is 9.55 Å². The molecule has 94 valence electrons. The highest BCUT2D eigenvalue weighted by Crippen LogP contribution is 2.19. The van der Waals surface area contributed by atoms with Gasteiger partial charge in [0.2, 0.25) is 0 Å². The number of hydrogen-bond acceptors (Lipinski definition) is 3. The number of nitrogens with zero attached hydrogens (tertiary/aromatic N) is 2. The Bertz CT molecular complexity index is 363. The third-order valence-corrected chi connectivity index (χ3v) is 3.22. The van der Waals surface area contributed by atoms with E-state index in [2.05, 4.69) is 16.5 Å². The van der Waals surface area contributed by atoms with Gasteiger partial charge in [-0.25, -0.2) is 4.98 Å². The zero-order valence-electron chi connectivity index (χ0n) is 10.4. The van der Waals surface area contributed by atoms with E-state index in [9.17, 15) is 4.79 Å². The highest BCUT2D eigenvalue weighted by molar-refractivity contribution is 5.79. The van der Waals surface area contributed by atoms with E-state index in [1.54, 1.807) is 0 Å². The molecule has 0 spiro atoms. The van der Waals surface area contributed by atoms with Gasteiger partial charge < -0.3 is 9.30 Å². The first kappa shape index (κ1) is 12.3. The Labute approximate surface area is 102 Å². The van der Waals surface area contributed by atoms with Gasteiger partial charge in [-0.15, -0.1) is 0 Å². The zero-order chi connectivity index (χ0) is 12.1. The minimum atomic E-state index is 0.248. The highest BCUT2D eigenvalue weighted by Gasteiger charge is 2.19. The van der Waals surface area contributed by atoms with Gasteiger partial charge >= 0.3 is 0 Å². The Kier molecular flexibility index (Phi) is 4.31. The summed E-state index contributed by atoms with van der Waals surface area (Å²) in [6.07, 6.45) is 8.18. The zero-order valence-corrected chi connectivity index (χ0v) is 10.4. The highest BCUT2D eigenvalue weighted by atomic mass is 16.5. The molecular formula is C13H20N2O2. The molecule has 4 heteroatoms. The maximum atomic E-state index is 11.1. The number of hydrogen-bond donors (Lipinski definition) is 0. The molecule has 0 bridgehead atoms. The average molecular weight is 236 g/mol. The molecule has 0 N–H and O–H groups in total. The minimum Gasteiger partial charge on any atom is -0.372 e. The molecular weight excluding hydrogens is 216 g/mol. The monoisotopic (exact) mass is 236 g/mol. The van der Waals surface area contributed by atoms with E-state index in [1.807, 2.05) is 12.5 Å². The van der Waals surface area contributed by atoms with Gasteiger partial charge in [0.1, 0.15) is 5.78 Å². The summed E-state index contributed by atoms with van der Waals surface area (Å²) in [5.41, 5.74) is 1.13. The second-order valence-corrected chi connectivity index (χ2v) is 4.63. The molecule has 1 aromatic rings. The van der Waals surface area contributed by atoms with Crippen LogP contribution in [0, 0.1) is 0 Å². The number of aromatic nitrogens is 2. The second-order valence-electron chi connectivity index (χ2n) is 4.63. The Morgan fingerprint density at radius 3 is 2.94 bits per heavy atom. The normalized spacial score (nSPS) is 17.6. The van der Waals surface area contributed by atoms with Crippen LogP contribution in [0.15, 0.2) is 12.5 Å². The molecule has 0 aliphatic heterocycles. The largest absolute Gasteiger partial charge is 0.372 e. The lowest BCUT2D eigenvalue weighted by Crippen LogP contribution is -2.21. The Morgan fingerprint density at radius 2 is 2.24 bits per heavy atom. The molecule has 1 fully saturated rings. The third-order valence-electron chi connectivity index (χ3n) is 3.22. The summed E-state index contributed by atoms with van der Waals surface area (Å²) < 4.78 is 7.98.